The van der Waals surface area contributed by atoms with Crippen LogP contribution in [-0.2, 0) is 4.79 Å². The first kappa shape index (κ1) is 19.6. The number of nitrogens with zero attached hydrogens (tertiary/aromatic N) is 1. The molecule has 1 aliphatic rings. The highest BCUT2D eigenvalue weighted by Gasteiger charge is 2.24. The standard InChI is InChI=1S/C20H21F2N3O3/c21-14-6-7-18(17(22)12-14)28-13-19(26)23-16-8-10-25(11-9-16)20(27)24-15-4-2-1-3-5-15/h1-7,12,16H,8-11,13H2,(H,23,26)(H,24,27). The third-order valence-electron chi connectivity index (χ3n) is 4.43. The van der Waals surface area contributed by atoms with Crippen LogP contribution >= 0.6 is 0 Å². The average molecular weight is 389 g/mol. The van der Waals surface area contributed by atoms with Gasteiger partial charge in [-0.1, -0.05) is 18.2 Å². The van der Waals surface area contributed by atoms with Gasteiger partial charge in [-0.05, 0) is 37.1 Å². The summed E-state index contributed by atoms with van der Waals surface area (Å²) < 4.78 is 31.4. The van der Waals surface area contributed by atoms with Gasteiger partial charge in [-0.15, -0.1) is 0 Å². The van der Waals surface area contributed by atoms with Crippen LogP contribution < -0.4 is 15.4 Å². The van der Waals surface area contributed by atoms with Crippen molar-refractivity contribution in [1.29, 1.82) is 0 Å². The molecule has 2 aromatic carbocycles. The Morgan fingerprint density at radius 1 is 1.07 bits per heavy atom. The van der Waals surface area contributed by atoms with E-state index in [1.54, 1.807) is 4.90 Å². The van der Waals surface area contributed by atoms with Crippen molar-refractivity contribution in [2.24, 2.45) is 0 Å². The lowest BCUT2D eigenvalue weighted by atomic mass is 10.1. The maximum absolute atomic E-state index is 13.5. The number of benzene rings is 2. The van der Waals surface area contributed by atoms with Crippen LogP contribution in [0.5, 0.6) is 5.75 Å². The first-order valence-corrected chi connectivity index (χ1v) is 8.99. The van der Waals surface area contributed by atoms with Crippen molar-refractivity contribution in [3.8, 4) is 5.75 Å². The lowest BCUT2D eigenvalue weighted by Gasteiger charge is -2.32. The van der Waals surface area contributed by atoms with Crippen molar-refractivity contribution < 1.29 is 23.1 Å². The van der Waals surface area contributed by atoms with Crippen LogP contribution in [0.2, 0.25) is 0 Å². The maximum atomic E-state index is 13.5. The third kappa shape index (κ3) is 5.42. The fourth-order valence-corrected chi connectivity index (χ4v) is 2.96. The Morgan fingerprint density at radius 3 is 2.46 bits per heavy atom. The molecule has 1 fully saturated rings. The highest BCUT2D eigenvalue weighted by atomic mass is 19.1. The number of hydrogen-bond donors (Lipinski definition) is 2. The van der Waals surface area contributed by atoms with Gasteiger partial charge in [-0.2, -0.15) is 0 Å². The number of anilines is 1. The maximum Gasteiger partial charge on any atom is 0.321 e. The van der Waals surface area contributed by atoms with Gasteiger partial charge in [-0.3, -0.25) is 4.79 Å². The number of piperidine rings is 1. The zero-order chi connectivity index (χ0) is 19.9. The Balaban J connectivity index is 1.40. The molecule has 3 amide bonds. The van der Waals surface area contributed by atoms with E-state index in [1.807, 2.05) is 30.3 Å². The van der Waals surface area contributed by atoms with Crippen molar-refractivity contribution in [2.75, 3.05) is 25.0 Å². The van der Waals surface area contributed by atoms with Gasteiger partial charge in [0.05, 0.1) is 0 Å². The predicted octanol–water partition coefficient (Wildman–Crippen LogP) is 3.16. The van der Waals surface area contributed by atoms with E-state index < -0.39 is 17.5 Å². The Morgan fingerprint density at radius 2 is 1.79 bits per heavy atom. The normalized spacial score (nSPS) is 14.4. The fourth-order valence-electron chi connectivity index (χ4n) is 2.96. The molecule has 1 heterocycles. The smallest absolute Gasteiger partial charge is 0.321 e. The van der Waals surface area contributed by atoms with E-state index in [2.05, 4.69) is 10.6 Å². The van der Waals surface area contributed by atoms with Gasteiger partial charge in [0.15, 0.2) is 18.2 Å². The van der Waals surface area contributed by atoms with E-state index in [1.165, 1.54) is 0 Å². The first-order chi connectivity index (χ1) is 13.5. The monoisotopic (exact) mass is 389 g/mol. The summed E-state index contributed by atoms with van der Waals surface area (Å²) in [6, 6.07) is 11.8. The molecule has 2 aromatic rings. The summed E-state index contributed by atoms with van der Waals surface area (Å²) in [5, 5.41) is 5.64. The summed E-state index contributed by atoms with van der Waals surface area (Å²) in [5.41, 5.74) is 0.730. The molecule has 148 valence electrons. The number of ether oxygens (including phenoxy) is 1. The number of nitrogens with one attached hydrogen (secondary N) is 2. The van der Waals surface area contributed by atoms with E-state index in [0.29, 0.717) is 32.0 Å². The minimum atomic E-state index is -0.856. The summed E-state index contributed by atoms with van der Waals surface area (Å²) in [6.07, 6.45) is 1.22. The second kappa shape index (κ2) is 9.16. The topological polar surface area (TPSA) is 70.7 Å². The summed E-state index contributed by atoms with van der Waals surface area (Å²) in [4.78, 5) is 25.9. The molecule has 0 saturated carbocycles. The Bertz CT molecular complexity index is 825. The summed E-state index contributed by atoms with van der Waals surface area (Å²) in [5.74, 6) is -2.14. The molecule has 0 radical (unpaired) electrons. The summed E-state index contributed by atoms with van der Waals surface area (Å²) in [7, 11) is 0. The quantitative estimate of drug-likeness (QED) is 0.825. The molecular formula is C20H21F2N3O3. The minimum Gasteiger partial charge on any atom is -0.481 e. The zero-order valence-corrected chi connectivity index (χ0v) is 15.2. The van der Waals surface area contributed by atoms with Gasteiger partial charge in [0.1, 0.15) is 5.82 Å². The summed E-state index contributed by atoms with van der Waals surface area (Å²) in [6.45, 7) is 0.658. The third-order valence-corrected chi connectivity index (χ3v) is 4.43. The minimum absolute atomic E-state index is 0.0880. The molecule has 1 aliphatic heterocycles. The van der Waals surface area contributed by atoms with E-state index in [4.69, 9.17) is 4.74 Å². The van der Waals surface area contributed by atoms with Crippen LogP contribution in [0.3, 0.4) is 0 Å². The number of carbonyl (C=O) groups is 2. The predicted molar refractivity (Wildman–Crippen MR) is 100 cm³/mol. The molecular weight excluding hydrogens is 368 g/mol. The van der Waals surface area contributed by atoms with E-state index >= 15 is 0 Å². The van der Waals surface area contributed by atoms with Crippen LogP contribution in [0.4, 0.5) is 19.3 Å². The Hall–Kier alpha value is -3.16. The SMILES string of the molecule is O=C(COc1ccc(F)cc1F)NC1CCN(C(=O)Nc2ccccc2)CC1. The highest BCUT2D eigenvalue weighted by Crippen LogP contribution is 2.17. The van der Waals surface area contributed by atoms with E-state index in [-0.39, 0.29) is 24.4 Å². The average Bonchev–Trinajstić information content (AvgIpc) is 2.68. The first-order valence-electron chi connectivity index (χ1n) is 8.99. The number of urea groups is 1. The Kier molecular flexibility index (Phi) is 6.41. The van der Waals surface area contributed by atoms with Gasteiger partial charge < -0.3 is 20.3 Å². The molecule has 28 heavy (non-hydrogen) atoms. The second-order valence-corrected chi connectivity index (χ2v) is 6.49. The van der Waals surface area contributed by atoms with Crippen LogP contribution in [0.15, 0.2) is 48.5 Å². The molecule has 0 unspecified atom stereocenters. The van der Waals surface area contributed by atoms with Crippen LogP contribution in [-0.4, -0.2) is 42.6 Å². The molecule has 0 atom stereocenters. The van der Waals surface area contributed by atoms with Gasteiger partial charge in [0, 0.05) is 30.9 Å². The number of carbonyl (C=O) groups excluding carboxylic acids is 2. The molecule has 0 spiro atoms. The lowest BCUT2D eigenvalue weighted by molar-refractivity contribution is -0.124. The molecule has 0 aliphatic carbocycles. The number of halogens is 2. The largest absolute Gasteiger partial charge is 0.481 e. The van der Waals surface area contributed by atoms with Gasteiger partial charge >= 0.3 is 6.03 Å². The van der Waals surface area contributed by atoms with Crippen LogP contribution in [0.25, 0.3) is 0 Å². The fraction of sp³-hybridized carbons (Fsp3) is 0.300. The molecule has 3 rings (SSSR count). The molecule has 1 saturated heterocycles. The summed E-state index contributed by atoms with van der Waals surface area (Å²) >= 11 is 0. The molecule has 0 aromatic heterocycles. The van der Waals surface area contributed by atoms with Crippen molar-refractivity contribution >= 4 is 17.6 Å². The molecule has 8 heteroatoms. The molecule has 2 N–H and O–H groups in total. The number of rotatable bonds is 5. The number of likely N-dealkylation sites (tertiary alicyclic amines) is 1. The van der Waals surface area contributed by atoms with Crippen LogP contribution in [0.1, 0.15) is 12.8 Å². The van der Waals surface area contributed by atoms with E-state index in [9.17, 15) is 18.4 Å². The van der Waals surface area contributed by atoms with Crippen molar-refractivity contribution in [3.05, 3.63) is 60.2 Å². The molecule has 6 nitrogen and oxygen atoms in total. The van der Waals surface area contributed by atoms with Crippen molar-refractivity contribution in [1.82, 2.24) is 10.2 Å². The second-order valence-electron chi connectivity index (χ2n) is 6.49. The van der Waals surface area contributed by atoms with Crippen LogP contribution in [0, 0.1) is 11.6 Å². The number of hydrogen-bond acceptors (Lipinski definition) is 3. The number of amides is 3. The number of para-hydroxylation sites is 1. The molecule has 0 bridgehead atoms. The zero-order valence-electron chi connectivity index (χ0n) is 15.2. The van der Waals surface area contributed by atoms with Crippen molar-refractivity contribution in [2.45, 2.75) is 18.9 Å². The van der Waals surface area contributed by atoms with Gasteiger partial charge in [0.2, 0.25) is 0 Å². The lowest BCUT2D eigenvalue weighted by Crippen LogP contribution is -2.48. The van der Waals surface area contributed by atoms with Gasteiger partial charge in [0.25, 0.3) is 5.91 Å². The highest BCUT2D eigenvalue weighted by molar-refractivity contribution is 5.89. The Labute approximate surface area is 161 Å². The van der Waals surface area contributed by atoms with E-state index in [0.717, 1.165) is 17.8 Å². The van der Waals surface area contributed by atoms with Gasteiger partial charge in [-0.25, -0.2) is 13.6 Å². The van der Waals surface area contributed by atoms with Crippen molar-refractivity contribution in [3.63, 3.8) is 0 Å².